The lowest BCUT2D eigenvalue weighted by Gasteiger charge is -2.27. The van der Waals surface area contributed by atoms with Gasteiger partial charge in [0.2, 0.25) is 0 Å². The summed E-state index contributed by atoms with van der Waals surface area (Å²) in [6, 6.07) is 20.4. The molecule has 1 saturated heterocycles. The van der Waals surface area contributed by atoms with E-state index in [4.69, 9.17) is 4.74 Å². The van der Waals surface area contributed by atoms with Gasteiger partial charge in [0.1, 0.15) is 5.82 Å². The summed E-state index contributed by atoms with van der Waals surface area (Å²) in [5, 5.41) is 1.16. The van der Waals surface area contributed by atoms with Crippen molar-refractivity contribution in [3.63, 3.8) is 0 Å². The Labute approximate surface area is 124 Å². The molecule has 1 aromatic heterocycles. The topological polar surface area (TPSA) is 28.3 Å². The lowest BCUT2D eigenvalue weighted by Crippen LogP contribution is -2.36. The number of nitrogens with one attached hydrogen (secondary N) is 1. The number of fused-ring (bicyclic) bond motifs is 1. The van der Waals surface area contributed by atoms with Crippen molar-refractivity contribution in [3.8, 4) is 11.1 Å². The van der Waals surface area contributed by atoms with Crippen LogP contribution in [-0.4, -0.2) is 31.3 Å². The van der Waals surface area contributed by atoms with E-state index in [9.17, 15) is 0 Å². The van der Waals surface area contributed by atoms with Crippen LogP contribution in [0.1, 0.15) is 0 Å². The minimum atomic E-state index is 0.786. The van der Waals surface area contributed by atoms with Crippen LogP contribution in [-0.2, 0) is 4.74 Å². The number of nitrogens with zero attached hydrogens (tertiary/aromatic N) is 1. The van der Waals surface area contributed by atoms with Crippen LogP contribution in [0.5, 0.6) is 0 Å². The van der Waals surface area contributed by atoms with Crippen molar-refractivity contribution < 1.29 is 4.74 Å². The zero-order valence-electron chi connectivity index (χ0n) is 11.8. The van der Waals surface area contributed by atoms with Crippen LogP contribution in [0.4, 0.5) is 5.82 Å². The van der Waals surface area contributed by atoms with E-state index in [2.05, 4.69) is 58.4 Å². The fourth-order valence-electron chi connectivity index (χ4n) is 2.87. The number of hydrogen-bond acceptors (Lipinski definition) is 2. The molecule has 0 unspecified atom stereocenters. The standard InChI is InChI=1S/C18H17N2O/c1-2-5-14(6-3-1)15-7-4-8-17-16(15)13-18(19-17)20-9-11-21-12-10-20/h1-8,19H,9-12H2. The molecule has 2 aromatic carbocycles. The van der Waals surface area contributed by atoms with E-state index in [-0.39, 0.29) is 0 Å². The van der Waals surface area contributed by atoms with Crippen molar-refractivity contribution in [1.29, 1.82) is 0 Å². The molecule has 1 fully saturated rings. The van der Waals surface area contributed by atoms with Crippen molar-refractivity contribution in [1.82, 2.24) is 4.98 Å². The molecule has 0 aliphatic carbocycles. The Morgan fingerprint density at radius 1 is 0.952 bits per heavy atom. The first-order valence-electron chi connectivity index (χ1n) is 7.34. The van der Waals surface area contributed by atoms with E-state index in [0.717, 1.165) is 43.0 Å². The van der Waals surface area contributed by atoms with E-state index in [1.165, 1.54) is 11.1 Å². The fourth-order valence-corrected chi connectivity index (χ4v) is 2.87. The predicted octanol–water partition coefficient (Wildman–Crippen LogP) is 3.47. The average Bonchev–Trinajstić information content (AvgIpc) is 3.00. The van der Waals surface area contributed by atoms with Gasteiger partial charge in [-0.2, -0.15) is 0 Å². The van der Waals surface area contributed by atoms with Crippen molar-refractivity contribution in [2.45, 2.75) is 0 Å². The lowest BCUT2D eigenvalue weighted by molar-refractivity contribution is 0.122. The molecule has 0 bridgehead atoms. The smallest absolute Gasteiger partial charge is 0.115 e. The highest BCUT2D eigenvalue weighted by molar-refractivity contribution is 5.96. The normalized spacial score (nSPS) is 15.5. The number of aromatic amines is 1. The maximum Gasteiger partial charge on any atom is 0.115 e. The molecule has 0 spiro atoms. The van der Waals surface area contributed by atoms with Gasteiger partial charge in [-0.1, -0.05) is 42.5 Å². The third-order valence-electron chi connectivity index (χ3n) is 3.97. The van der Waals surface area contributed by atoms with Gasteiger partial charge in [-0.15, -0.1) is 0 Å². The monoisotopic (exact) mass is 277 g/mol. The summed E-state index contributed by atoms with van der Waals surface area (Å²) < 4.78 is 5.42. The van der Waals surface area contributed by atoms with Crippen molar-refractivity contribution in [2.75, 3.05) is 31.2 Å². The summed E-state index contributed by atoms with van der Waals surface area (Å²) in [6.07, 6.45) is 0. The fraction of sp³-hybridized carbons (Fsp3) is 0.222. The average molecular weight is 277 g/mol. The van der Waals surface area contributed by atoms with Crippen LogP contribution < -0.4 is 4.90 Å². The van der Waals surface area contributed by atoms with Gasteiger partial charge in [-0.05, 0) is 17.2 Å². The zero-order valence-corrected chi connectivity index (χ0v) is 11.8. The number of benzene rings is 2. The molecule has 0 saturated carbocycles. The molecule has 0 amide bonds. The molecule has 4 rings (SSSR count). The van der Waals surface area contributed by atoms with E-state index >= 15 is 0 Å². The minimum Gasteiger partial charge on any atom is -0.378 e. The van der Waals surface area contributed by atoms with E-state index < -0.39 is 0 Å². The molecule has 1 N–H and O–H groups in total. The second kappa shape index (κ2) is 5.26. The van der Waals surface area contributed by atoms with Gasteiger partial charge in [-0.25, -0.2) is 0 Å². The first-order chi connectivity index (χ1) is 10.4. The number of ether oxygens (including phenoxy) is 1. The minimum absolute atomic E-state index is 0.786. The second-order valence-corrected chi connectivity index (χ2v) is 5.29. The van der Waals surface area contributed by atoms with Crippen molar-refractivity contribution in [2.24, 2.45) is 0 Å². The Morgan fingerprint density at radius 3 is 2.57 bits per heavy atom. The van der Waals surface area contributed by atoms with Crippen LogP contribution in [0.2, 0.25) is 0 Å². The molecule has 21 heavy (non-hydrogen) atoms. The zero-order chi connectivity index (χ0) is 14.1. The third kappa shape index (κ3) is 2.30. The Kier molecular flexibility index (Phi) is 3.13. The highest BCUT2D eigenvalue weighted by atomic mass is 16.5. The number of H-pyrrole nitrogens is 1. The van der Waals surface area contributed by atoms with Crippen LogP contribution in [0.3, 0.4) is 0 Å². The number of hydrogen-bond donors (Lipinski definition) is 1. The molecule has 0 atom stereocenters. The van der Waals surface area contributed by atoms with E-state index in [1.807, 2.05) is 6.07 Å². The molecule has 3 nitrogen and oxygen atoms in total. The van der Waals surface area contributed by atoms with Crippen molar-refractivity contribution in [3.05, 3.63) is 54.6 Å². The van der Waals surface area contributed by atoms with Crippen molar-refractivity contribution >= 4 is 16.7 Å². The van der Waals surface area contributed by atoms with Gasteiger partial charge >= 0.3 is 0 Å². The summed E-state index contributed by atoms with van der Waals surface area (Å²) in [7, 11) is 0. The molecule has 3 heteroatoms. The van der Waals surface area contributed by atoms with Crippen LogP contribution >= 0.6 is 0 Å². The second-order valence-electron chi connectivity index (χ2n) is 5.29. The highest BCUT2D eigenvalue weighted by Gasteiger charge is 2.15. The largest absolute Gasteiger partial charge is 0.378 e. The molecule has 1 radical (unpaired) electrons. The van der Waals surface area contributed by atoms with Gasteiger partial charge in [-0.3, -0.25) is 0 Å². The molecule has 3 aromatic rings. The summed E-state index contributed by atoms with van der Waals surface area (Å²) in [6.45, 7) is 3.41. The molecular weight excluding hydrogens is 260 g/mol. The molecule has 1 aliphatic rings. The summed E-state index contributed by atoms with van der Waals surface area (Å²) in [5.74, 6) is 1.07. The van der Waals surface area contributed by atoms with Crippen LogP contribution in [0.25, 0.3) is 22.0 Å². The van der Waals surface area contributed by atoms with Crippen LogP contribution in [0.15, 0.2) is 48.5 Å². The van der Waals surface area contributed by atoms with Gasteiger partial charge < -0.3 is 14.6 Å². The number of anilines is 1. The van der Waals surface area contributed by atoms with Gasteiger partial charge in [0.25, 0.3) is 0 Å². The maximum absolute atomic E-state index is 5.42. The highest BCUT2D eigenvalue weighted by Crippen LogP contribution is 2.31. The Bertz CT molecular complexity index is 742. The number of morpholine rings is 1. The predicted molar refractivity (Wildman–Crippen MR) is 85.6 cm³/mol. The number of aromatic nitrogens is 1. The first kappa shape index (κ1) is 12.5. The summed E-state index contributed by atoms with van der Waals surface area (Å²) in [5.41, 5.74) is 3.59. The van der Waals surface area contributed by atoms with Gasteiger partial charge in [0.15, 0.2) is 0 Å². The Morgan fingerprint density at radius 2 is 1.76 bits per heavy atom. The molecular formula is C18H17N2O. The summed E-state index contributed by atoms with van der Waals surface area (Å²) >= 11 is 0. The Hall–Kier alpha value is -2.26. The van der Waals surface area contributed by atoms with Gasteiger partial charge in [0, 0.05) is 30.1 Å². The third-order valence-corrected chi connectivity index (χ3v) is 3.97. The molecule has 1 aliphatic heterocycles. The van der Waals surface area contributed by atoms with Gasteiger partial charge in [0.05, 0.1) is 13.2 Å². The van der Waals surface area contributed by atoms with Crippen LogP contribution in [0, 0.1) is 6.07 Å². The number of rotatable bonds is 2. The van der Waals surface area contributed by atoms with E-state index in [1.54, 1.807) is 0 Å². The first-order valence-corrected chi connectivity index (χ1v) is 7.34. The quantitative estimate of drug-likeness (QED) is 0.777. The lowest BCUT2D eigenvalue weighted by atomic mass is 10.0. The van der Waals surface area contributed by atoms with E-state index in [0.29, 0.717) is 0 Å². The maximum atomic E-state index is 5.42. The summed E-state index contributed by atoms with van der Waals surface area (Å²) in [4.78, 5) is 5.79. The molecule has 105 valence electrons. The molecule has 2 heterocycles. The SMILES string of the molecule is [c]1c(N2CCOCC2)[nH]c2cccc(-c3ccccc3)c12. The Balaban J connectivity index is 1.80.